The maximum absolute atomic E-state index is 6.95. The summed E-state index contributed by atoms with van der Waals surface area (Å²) in [6.07, 6.45) is 11.5. The van der Waals surface area contributed by atoms with Crippen LogP contribution in [0, 0.1) is 23.2 Å². The molecule has 4 nitrogen and oxygen atoms in total. The minimum atomic E-state index is -0.232. The molecule has 2 bridgehead atoms. The van der Waals surface area contributed by atoms with E-state index in [0.29, 0.717) is 11.5 Å². The third-order valence-corrected chi connectivity index (χ3v) is 9.95. The Balaban J connectivity index is 1.20. The van der Waals surface area contributed by atoms with E-state index in [1.54, 1.807) is 0 Å². The number of piperidine rings is 1. The van der Waals surface area contributed by atoms with Crippen molar-refractivity contribution < 1.29 is 0 Å². The molecule has 4 heteroatoms. The molecule has 1 aromatic carbocycles. The molecule has 0 amide bonds. The average molecular weight is 421 g/mol. The van der Waals surface area contributed by atoms with Crippen LogP contribution < -0.4 is 5.73 Å². The maximum atomic E-state index is 6.95. The van der Waals surface area contributed by atoms with Gasteiger partial charge in [0.2, 0.25) is 0 Å². The smallest absolute Gasteiger partial charge is 0.130 e. The Morgan fingerprint density at radius 2 is 1.77 bits per heavy atom. The normalized spacial score (nSPS) is 32.9. The van der Waals surface area contributed by atoms with Gasteiger partial charge in [-0.1, -0.05) is 38.8 Å². The van der Waals surface area contributed by atoms with Crippen molar-refractivity contribution in [2.45, 2.75) is 83.2 Å². The van der Waals surface area contributed by atoms with Gasteiger partial charge in [0.05, 0.1) is 16.6 Å². The Morgan fingerprint density at radius 1 is 1.03 bits per heavy atom. The molecule has 2 aromatic rings. The van der Waals surface area contributed by atoms with E-state index in [1.165, 1.54) is 75.9 Å². The van der Waals surface area contributed by atoms with E-state index >= 15 is 0 Å². The van der Waals surface area contributed by atoms with Crippen molar-refractivity contribution in [1.29, 1.82) is 0 Å². The number of hydrogen-bond donors (Lipinski definition) is 1. The molecule has 5 aliphatic rings. The highest BCUT2D eigenvalue weighted by molar-refractivity contribution is 5.76. The number of benzene rings is 1. The predicted molar refractivity (Wildman–Crippen MR) is 127 cm³/mol. The van der Waals surface area contributed by atoms with E-state index < -0.39 is 0 Å². The molecule has 0 spiro atoms. The van der Waals surface area contributed by atoms with E-state index in [0.717, 1.165) is 36.1 Å². The van der Waals surface area contributed by atoms with Gasteiger partial charge in [0.1, 0.15) is 5.82 Å². The van der Waals surface area contributed by atoms with Crippen LogP contribution in [0.4, 0.5) is 0 Å². The van der Waals surface area contributed by atoms with Gasteiger partial charge >= 0.3 is 0 Å². The standard InChI is InChI=1S/C27H40N4/c1-26(2)20-10-9-19(22(26)17-20)18-30-15-11-21(12-16-30)31-24-8-4-3-7-23(24)29-25(31)27(28)13-5-6-14-27/h3-4,7-8,19-22H,5-6,9-18,28H2,1-2H3/t19-,20?,22-/m0/s1. The van der Waals surface area contributed by atoms with Gasteiger partial charge in [-0.15, -0.1) is 0 Å². The molecule has 3 atom stereocenters. The molecule has 2 N–H and O–H groups in total. The van der Waals surface area contributed by atoms with Crippen molar-refractivity contribution in [1.82, 2.24) is 14.5 Å². The lowest BCUT2D eigenvalue weighted by molar-refractivity contribution is -0.112. The minimum absolute atomic E-state index is 0.232. The van der Waals surface area contributed by atoms with E-state index in [-0.39, 0.29) is 5.54 Å². The Morgan fingerprint density at radius 3 is 2.48 bits per heavy atom. The molecular weight excluding hydrogens is 380 g/mol. The first-order chi connectivity index (χ1) is 15.0. The number of rotatable bonds is 4. The summed E-state index contributed by atoms with van der Waals surface area (Å²) in [5.74, 6) is 4.06. The molecule has 7 rings (SSSR count). The van der Waals surface area contributed by atoms with Gasteiger partial charge in [-0.3, -0.25) is 0 Å². The molecule has 1 aliphatic heterocycles. The zero-order valence-electron chi connectivity index (χ0n) is 19.5. The Hall–Kier alpha value is -1.39. The first-order valence-electron chi connectivity index (χ1n) is 12.9. The van der Waals surface area contributed by atoms with Crippen LogP contribution in [0.2, 0.25) is 0 Å². The Kier molecular flexibility index (Phi) is 4.77. The average Bonchev–Trinajstić information content (AvgIpc) is 3.39. The fourth-order valence-electron chi connectivity index (χ4n) is 7.87. The van der Waals surface area contributed by atoms with Gasteiger partial charge in [0.15, 0.2) is 0 Å². The van der Waals surface area contributed by atoms with Crippen LogP contribution in [0.1, 0.15) is 83.5 Å². The monoisotopic (exact) mass is 420 g/mol. The van der Waals surface area contributed by atoms with Crippen LogP contribution in [0.3, 0.4) is 0 Å². The second-order valence-corrected chi connectivity index (χ2v) is 11.9. The van der Waals surface area contributed by atoms with Crippen LogP contribution in [0.15, 0.2) is 24.3 Å². The van der Waals surface area contributed by atoms with E-state index in [2.05, 4.69) is 47.6 Å². The molecule has 4 saturated carbocycles. The third kappa shape index (κ3) is 3.20. The predicted octanol–water partition coefficient (Wildman–Crippen LogP) is 5.47. The van der Waals surface area contributed by atoms with Crippen LogP contribution in [-0.4, -0.2) is 34.1 Å². The zero-order chi connectivity index (χ0) is 21.2. The maximum Gasteiger partial charge on any atom is 0.130 e. The number of fused-ring (bicyclic) bond motifs is 3. The summed E-state index contributed by atoms with van der Waals surface area (Å²) >= 11 is 0. The fourth-order valence-corrected chi connectivity index (χ4v) is 7.87. The van der Waals surface area contributed by atoms with Crippen molar-refractivity contribution in [2.24, 2.45) is 28.9 Å². The fraction of sp³-hybridized carbons (Fsp3) is 0.741. The van der Waals surface area contributed by atoms with E-state index in [1.807, 2.05) is 0 Å². The lowest BCUT2D eigenvalue weighted by Gasteiger charge is -2.61. The second kappa shape index (κ2) is 7.31. The summed E-state index contributed by atoms with van der Waals surface area (Å²) in [6.45, 7) is 8.83. The summed E-state index contributed by atoms with van der Waals surface area (Å²) in [7, 11) is 0. The lowest BCUT2D eigenvalue weighted by atomic mass is 9.45. The molecule has 4 aliphatic carbocycles. The largest absolute Gasteiger partial charge is 0.323 e. The molecular formula is C27H40N4. The van der Waals surface area contributed by atoms with Crippen molar-refractivity contribution in [2.75, 3.05) is 19.6 Å². The van der Waals surface area contributed by atoms with Gasteiger partial charge in [0, 0.05) is 25.7 Å². The van der Waals surface area contributed by atoms with Crippen LogP contribution in [0.25, 0.3) is 11.0 Å². The summed E-state index contributed by atoms with van der Waals surface area (Å²) in [6, 6.07) is 9.23. The molecule has 1 aromatic heterocycles. The highest BCUT2D eigenvalue weighted by atomic mass is 15.2. The van der Waals surface area contributed by atoms with Crippen LogP contribution >= 0.6 is 0 Å². The van der Waals surface area contributed by atoms with Crippen LogP contribution in [-0.2, 0) is 5.54 Å². The molecule has 31 heavy (non-hydrogen) atoms. The first-order valence-corrected chi connectivity index (χ1v) is 12.9. The van der Waals surface area contributed by atoms with Gasteiger partial charge < -0.3 is 15.2 Å². The quantitative estimate of drug-likeness (QED) is 0.713. The summed E-state index contributed by atoms with van der Waals surface area (Å²) in [4.78, 5) is 7.89. The zero-order valence-corrected chi connectivity index (χ0v) is 19.5. The summed E-state index contributed by atoms with van der Waals surface area (Å²) in [5, 5.41) is 0. The number of nitrogens with two attached hydrogens (primary N) is 1. The molecule has 168 valence electrons. The molecule has 1 saturated heterocycles. The van der Waals surface area contributed by atoms with Crippen molar-refractivity contribution >= 4 is 11.0 Å². The Bertz CT molecular complexity index is 943. The number of hydrogen-bond acceptors (Lipinski definition) is 3. The number of imidazole rings is 1. The number of aromatic nitrogens is 2. The van der Waals surface area contributed by atoms with Crippen molar-refractivity contribution in [3.05, 3.63) is 30.1 Å². The highest BCUT2D eigenvalue weighted by Gasteiger charge is 2.54. The number of para-hydroxylation sites is 2. The van der Waals surface area contributed by atoms with Crippen molar-refractivity contribution in [3.8, 4) is 0 Å². The van der Waals surface area contributed by atoms with Gasteiger partial charge in [-0.25, -0.2) is 4.98 Å². The first kappa shape index (κ1) is 20.2. The minimum Gasteiger partial charge on any atom is -0.323 e. The molecule has 0 radical (unpaired) electrons. The number of nitrogens with zero attached hydrogens (tertiary/aromatic N) is 3. The second-order valence-electron chi connectivity index (χ2n) is 11.9. The summed E-state index contributed by atoms with van der Waals surface area (Å²) in [5.41, 5.74) is 9.74. The van der Waals surface area contributed by atoms with Crippen LogP contribution in [0.5, 0.6) is 0 Å². The topological polar surface area (TPSA) is 47.1 Å². The number of likely N-dealkylation sites (tertiary alicyclic amines) is 1. The van der Waals surface area contributed by atoms with Gasteiger partial charge in [-0.05, 0) is 80.2 Å². The SMILES string of the molecule is CC1(C)C2CC[C@@H](CN3CCC(n4c(C5(N)CCCC5)nc5ccccc54)CC3)[C@@H]1C2. The van der Waals surface area contributed by atoms with Gasteiger partial charge in [-0.2, -0.15) is 0 Å². The van der Waals surface area contributed by atoms with E-state index in [9.17, 15) is 0 Å². The molecule has 1 unspecified atom stereocenters. The molecule has 5 fully saturated rings. The lowest BCUT2D eigenvalue weighted by Crippen LogP contribution is -2.55. The third-order valence-electron chi connectivity index (χ3n) is 9.95. The summed E-state index contributed by atoms with van der Waals surface area (Å²) < 4.78 is 2.57. The Labute approximate surface area is 187 Å². The van der Waals surface area contributed by atoms with E-state index in [4.69, 9.17) is 10.7 Å². The highest BCUT2D eigenvalue weighted by Crippen LogP contribution is 2.61. The molecule has 2 heterocycles. The van der Waals surface area contributed by atoms with Crippen molar-refractivity contribution in [3.63, 3.8) is 0 Å². The van der Waals surface area contributed by atoms with Gasteiger partial charge in [0.25, 0.3) is 0 Å².